The van der Waals surface area contributed by atoms with Crippen molar-refractivity contribution >= 4 is 22.8 Å². The molecule has 0 radical (unpaired) electrons. The molecular formula is C13H25N3OS. The Kier molecular flexibility index (Phi) is 5.50. The molecule has 1 unspecified atom stereocenters. The van der Waals surface area contributed by atoms with E-state index in [1.165, 1.54) is 0 Å². The number of hydrogen-bond donors (Lipinski definition) is 1. The quantitative estimate of drug-likeness (QED) is 0.851. The molecule has 104 valence electrons. The van der Waals surface area contributed by atoms with Crippen LogP contribution in [0.1, 0.15) is 41.0 Å². The van der Waals surface area contributed by atoms with Gasteiger partial charge in [0.25, 0.3) is 0 Å². The number of likely N-dealkylation sites (N-methyl/N-ethyl adjacent to an activating group) is 1. The highest BCUT2D eigenvalue weighted by Gasteiger charge is 2.26. The number of thioether (sulfide) groups is 1. The van der Waals surface area contributed by atoms with Gasteiger partial charge in [-0.1, -0.05) is 11.8 Å². The number of nitrogens with zero attached hydrogens (tertiary/aromatic N) is 2. The number of amides is 1. The van der Waals surface area contributed by atoms with E-state index in [1.807, 2.05) is 25.7 Å². The Bertz CT molecular complexity index is 324. The fraction of sp³-hybridized carbons (Fsp3) is 0.846. The van der Waals surface area contributed by atoms with Gasteiger partial charge in [-0.25, -0.2) is 4.99 Å². The predicted molar refractivity (Wildman–Crippen MR) is 79.1 cm³/mol. The summed E-state index contributed by atoms with van der Waals surface area (Å²) in [7, 11) is 0. The van der Waals surface area contributed by atoms with Crippen LogP contribution in [0.4, 0.5) is 0 Å². The number of amidine groups is 1. The van der Waals surface area contributed by atoms with Crippen LogP contribution in [0.15, 0.2) is 4.99 Å². The largest absolute Gasteiger partial charge is 0.360 e. The predicted octanol–water partition coefficient (Wildman–Crippen LogP) is 2.10. The van der Waals surface area contributed by atoms with Crippen LogP contribution < -0.4 is 5.32 Å². The van der Waals surface area contributed by atoms with Crippen LogP contribution >= 0.6 is 11.8 Å². The van der Waals surface area contributed by atoms with Gasteiger partial charge in [0.05, 0.1) is 0 Å². The molecular weight excluding hydrogens is 246 g/mol. The van der Waals surface area contributed by atoms with Gasteiger partial charge in [0.15, 0.2) is 5.17 Å². The molecule has 5 heteroatoms. The van der Waals surface area contributed by atoms with Gasteiger partial charge in [-0.3, -0.25) is 4.79 Å². The van der Waals surface area contributed by atoms with E-state index in [2.05, 4.69) is 24.2 Å². The van der Waals surface area contributed by atoms with Gasteiger partial charge < -0.3 is 10.2 Å². The molecule has 0 aliphatic carbocycles. The van der Waals surface area contributed by atoms with Gasteiger partial charge in [-0.05, 0) is 41.0 Å². The summed E-state index contributed by atoms with van der Waals surface area (Å²) in [4.78, 5) is 18.5. The van der Waals surface area contributed by atoms with Crippen molar-refractivity contribution in [3.63, 3.8) is 0 Å². The third-order valence-corrected chi connectivity index (χ3v) is 4.04. The zero-order valence-corrected chi connectivity index (χ0v) is 12.9. The zero-order chi connectivity index (χ0) is 13.8. The molecule has 0 aromatic heterocycles. The van der Waals surface area contributed by atoms with Crippen LogP contribution in [0.5, 0.6) is 0 Å². The Balaban J connectivity index is 2.67. The van der Waals surface area contributed by atoms with E-state index in [-0.39, 0.29) is 17.5 Å². The molecule has 18 heavy (non-hydrogen) atoms. The van der Waals surface area contributed by atoms with Crippen molar-refractivity contribution in [3.8, 4) is 0 Å². The first-order valence-electron chi connectivity index (χ1n) is 6.67. The lowest BCUT2D eigenvalue weighted by Gasteiger charge is -2.33. The maximum atomic E-state index is 12.1. The fourth-order valence-corrected chi connectivity index (χ4v) is 3.28. The molecule has 1 N–H and O–H groups in total. The summed E-state index contributed by atoms with van der Waals surface area (Å²) in [5, 5.41) is 4.30. The van der Waals surface area contributed by atoms with Gasteiger partial charge in [0.2, 0.25) is 5.91 Å². The van der Waals surface area contributed by atoms with Crippen molar-refractivity contribution in [2.45, 2.75) is 52.6 Å². The van der Waals surface area contributed by atoms with Crippen LogP contribution in [-0.4, -0.2) is 46.4 Å². The monoisotopic (exact) mass is 271 g/mol. The molecule has 0 spiro atoms. The Hall–Kier alpha value is -0.710. The van der Waals surface area contributed by atoms with Crippen molar-refractivity contribution < 1.29 is 4.79 Å². The third kappa shape index (κ3) is 4.19. The highest BCUT2D eigenvalue weighted by atomic mass is 32.2. The Labute approximate surface area is 115 Å². The molecule has 1 fully saturated rings. The Morgan fingerprint density at radius 2 is 2.11 bits per heavy atom. The maximum absolute atomic E-state index is 12.1. The highest BCUT2D eigenvalue weighted by molar-refractivity contribution is 8.13. The molecule has 0 bridgehead atoms. The summed E-state index contributed by atoms with van der Waals surface area (Å²) in [6, 6.07) is -0.297. The van der Waals surface area contributed by atoms with Crippen LogP contribution in [0.25, 0.3) is 0 Å². The number of carbonyl (C=O) groups is 1. The number of carbonyl (C=O) groups excluding carboxylic acids is 1. The molecule has 0 aromatic rings. The average Bonchev–Trinajstić information content (AvgIpc) is 2.29. The van der Waals surface area contributed by atoms with Crippen LogP contribution in [0.2, 0.25) is 0 Å². The van der Waals surface area contributed by atoms with Crippen molar-refractivity contribution in [2.24, 2.45) is 4.99 Å². The van der Waals surface area contributed by atoms with Crippen LogP contribution in [-0.2, 0) is 4.79 Å². The topological polar surface area (TPSA) is 44.7 Å². The highest BCUT2D eigenvalue weighted by Crippen LogP contribution is 2.22. The molecule has 1 amide bonds. The molecule has 1 rings (SSSR count). The van der Waals surface area contributed by atoms with Crippen LogP contribution in [0.3, 0.4) is 0 Å². The SMILES string of the molecule is CCN(CC)C(=O)C(C)N=C1NC(C)(C)CCS1. The lowest BCUT2D eigenvalue weighted by Crippen LogP contribution is -2.47. The summed E-state index contributed by atoms with van der Waals surface area (Å²) >= 11 is 1.71. The summed E-state index contributed by atoms with van der Waals surface area (Å²) in [5.41, 5.74) is 0.0854. The second-order valence-electron chi connectivity index (χ2n) is 5.23. The van der Waals surface area contributed by atoms with Gasteiger partial charge in [-0.15, -0.1) is 0 Å². The lowest BCUT2D eigenvalue weighted by molar-refractivity contribution is -0.131. The van der Waals surface area contributed by atoms with Crippen molar-refractivity contribution in [2.75, 3.05) is 18.8 Å². The van der Waals surface area contributed by atoms with Gasteiger partial charge in [0.1, 0.15) is 6.04 Å². The normalized spacial score (nSPS) is 22.4. The number of rotatable bonds is 4. The maximum Gasteiger partial charge on any atom is 0.247 e. The summed E-state index contributed by atoms with van der Waals surface area (Å²) in [5.74, 6) is 1.17. The van der Waals surface area contributed by atoms with Crippen molar-refractivity contribution in [3.05, 3.63) is 0 Å². The van der Waals surface area contributed by atoms with E-state index in [9.17, 15) is 4.79 Å². The van der Waals surface area contributed by atoms with Crippen LogP contribution in [0, 0.1) is 0 Å². The standard InChI is InChI=1S/C13H25N3OS/c1-6-16(7-2)11(17)10(3)14-12-15-13(4,5)8-9-18-12/h10H,6-9H2,1-5H3,(H,14,15). The first-order chi connectivity index (χ1) is 8.39. The number of nitrogens with one attached hydrogen (secondary N) is 1. The molecule has 0 saturated carbocycles. The van der Waals surface area contributed by atoms with Crippen molar-refractivity contribution in [1.82, 2.24) is 10.2 Å². The zero-order valence-electron chi connectivity index (χ0n) is 12.1. The summed E-state index contributed by atoms with van der Waals surface area (Å²) < 4.78 is 0. The van der Waals surface area contributed by atoms with E-state index in [0.29, 0.717) is 0 Å². The van der Waals surface area contributed by atoms with Gasteiger partial charge in [-0.2, -0.15) is 0 Å². The van der Waals surface area contributed by atoms with E-state index in [0.717, 1.165) is 30.4 Å². The first-order valence-corrected chi connectivity index (χ1v) is 7.65. The number of hydrogen-bond acceptors (Lipinski definition) is 3. The molecule has 1 atom stereocenters. The Morgan fingerprint density at radius 1 is 1.50 bits per heavy atom. The smallest absolute Gasteiger partial charge is 0.247 e. The van der Waals surface area contributed by atoms with E-state index in [4.69, 9.17) is 0 Å². The molecule has 1 aliphatic heterocycles. The Morgan fingerprint density at radius 3 is 2.61 bits per heavy atom. The minimum absolute atomic E-state index is 0.0854. The van der Waals surface area contributed by atoms with E-state index >= 15 is 0 Å². The fourth-order valence-electron chi connectivity index (χ4n) is 1.89. The average molecular weight is 271 g/mol. The van der Waals surface area contributed by atoms with Gasteiger partial charge in [0, 0.05) is 24.4 Å². The van der Waals surface area contributed by atoms with E-state index < -0.39 is 0 Å². The minimum Gasteiger partial charge on any atom is -0.360 e. The summed E-state index contributed by atoms with van der Waals surface area (Å²) in [6.07, 6.45) is 1.12. The second-order valence-corrected chi connectivity index (χ2v) is 6.31. The third-order valence-electron chi connectivity index (χ3n) is 3.15. The second kappa shape index (κ2) is 6.45. The summed E-state index contributed by atoms with van der Waals surface area (Å²) in [6.45, 7) is 11.7. The van der Waals surface area contributed by atoms with E-state index in [1.54, 1.807) is 11.8 Å². The lowest BCUT2D eigenvalue weighted by atomic mass is 10.0. The minimum atomic E-state index is -0.297. The molecule has 0 aromatic carbocycles. The first kappa shape index (κ1) is 15.3. The van der Waals surface area contributed by atoms with Crippen molar-refractivity contribution in [1.29, 1.82) is 0 Å². The number of aliphatic imine (C=N–C) groups is 1. The molecule has 1 aliphatic rings. The molecule has 1 saturated heterocycles. The molecule has 4 nitrogen and oxygen atoms in total. The molecule has 1 heterocycles. The van der Waals surface area contributed by atoms with Gasteiger partial charge >= 0.3 is 0 Å².